The molecule has 0 spiro atoms. The molecule has 56 heavy (non-hydrogen) atoms. The van der Waals surface area contributed by atoms with E-state index in [1.54, 1.807) is 0 Å². The van der Waals surface area contributed by atoms with E-state index < -0.39 is 0 Å². The minimum Gasteiger partial charge on any atom is -0.456 e. The van der Waals surface area contributed by atoms with Gasteiger partial charge < -0.3 is 8.83 Å². The van der Waals surface area contributed by atoms with Crippen LogP contribution in [-0.2, 0) is 0 Å². The highest BCUT2D eigenvalue weighted by molar-refractivity contribution is 6.22. The summed E-state index contributed by atoms with van der Waals surface area (Å²) in [5, 5.41) is 11.4. The van der Waals surface area contributed by atoms with Crippen molar-refractivity contribution in [2.24, 2.45) is 0 Å². The van der Waals surface area contributed by atoms with Gasteiger partial charge in [-0.15, -0.1) is 0 Å². The summed E-state index contributed by atoms with van der Waals surface area (Å²) >= 11 is 0. The molecule has 12 rings (SSSR count). The number of benzene rings is 9. The van der Waals surface area contributed by atoms with E-state index >= 15 is 0 Å². The summed E-state index contributed by atoms with van der Waals surface area (Å²) in [4.78, 5) is 15.7. The van der Waals surface area contributed by atoms with Crippen molar-refractivity contribution in [2.75, 3.05) is 0 Å². The number of hydrogen-bond donors (Lipinski definition) is 0. The zero-order chi connectivity index (χ0) is 36.7. The molecule has 0 radical (unpaired) electrons. The molecule has 0 aliphatic carbocycles. The van der Waals surface area contributed by atoms with Gasteiger partial charge in [-0.2, -0.15) is 0 Å². The molecule has 0 aliphatic heterocycles. The van der Waals surface area contributed by atoms with Gasteiger partial charge in [0.05, 0.1) is 0 Å². The van der Waals surface area contributed by atoms with Gasteiger partial charge in [0.25, 0.3) is 0 Å². The highest BCUT2D eigenvalue weighted by atomic mass is 16.3. The molecular formula is C51H29N3O2. The average molecular weight is 716 g/mol. The van der Waals surface area contributed by atoms with Crippen LogP contribution in [0.3, 0.4) is 0 Å². The molecular weight excluding hydrogens is 687 g/mol. The van der Waals surface area contributed by atoms with Crippen molar-refractivity contribution in [1.29, 1.82) is 0 Å². The third-order valence-corrected chi connectivity index (χ3v) is 11.1. The molecule has 0 N–H and O–H groups in total. The van der Waals surface area contributed by atoms with Crippen molar-refractivity contribution in [1.82, 2.24) is 15.0 Å². The van der Waals surface area contributed by atoms with Crippen LogP contribution in [0.4, 0.5) is 0 Å². The van der Waals surface area contributed by atoms with Crippen LogP contribution >= 0.6 is 0 Å². The van der Waals surface area contributed by atoms with Gasteiger partial charge in [-0.3, -0.25) is 0 Å². The average Bonchev–Trinajstić information content (AvgIpc) is 3.84. The molecule has 0 aliphatic rings. The van der Waals surface area contributed by atoms with E-state index in [4.69, 9.17) is 23.8 Å². The molecule has 0 bridgehead atoms. The van der Waals surface area contributed by atoms with E-state index in [9.17, 15) is 0 Å². The third kappa shape index (κ3) is 4.64. The Morgan fingerprint density at radius 2 is 0.786 bits per heavy atom. The van der Waals surface area contributed by atoms with Gasteiger partial charge in [0.1, 0.15) is 22.3 Å². The Morgan fingerprint density at radius 1 is 0.286 bits per heavy atom. The highest BCUT2D eigenvalue weighted by Crippen LogP contribution is 2.41. The summed E-state index contributed by atoms with van der Waals surface area (Å²) in [5.41, 5.74) is 8.10. The van der Waals surface area contributed by atoms with Gasteiger partial charge >= 0.3 is 0 Å². The summed E-state index contributed by atoms with van der Waals surface area (Å²) in [5.74, 6) is 1.72. The Balaban J connectivity index is 1.10. The Kier molecular flexibility index (Phi) is 6.56. The number of fused-ring (bicyclic) bond motifs is 11. The van der Waals surface area contributed by atoms with E-state index in [2.05, 4.69) is 115 Å². The number of aromatic nitrogens is 3. The Morgan fingerprint density at radius 3 is 1.50 bits per heavy atom. The lowest BCUT2D eigenvalue weighted by atomic mass is 9.92. The monoisotopic (exact) mass is 715 g/mol. The largest absolute Gasteiger partial charge is 0.456 e. The van der Waals surface area contributed by atoms with E-state index in [1.165, 1.54) is 32.3 Å². The van der Waals surface area contributed by atoms with Gasteiger partial charge in [0, 0.05) is 38.2 Å². The lowest BCUT2D eigenvalue weighted by molar-refractivity contribution is 0.668. The van der Waals surface area contributed by atoms with Crippen molar-refractivity contribution in [3.63, 3.8) is 0 Å². The molecule has 5 heteroatoms. The quantitative estimate of drug-likeness (QED) is 0.170. The van der Waals surface area contributed by atoms with Crippen LogP contribution in [-0.4, -0.2) is 15.0 Å². The van der Waals surface area contributed by atoms with Crippen LogP contribution in [0.2, 0.25) is 0 Å². The highest BCUT2D eigenvalue weighted by Gasteiger charge is 2.21. The Hall–Kier alpha value is -7.63. The summed E-state index contributed by atoms with van der Waals surface area (Å²) in [6.07, 6.45) is 0. The van der Waals surface area contributed by atoms with Crippen LogP contribution in [0.15, 0.2) is 185 Å². The summed E-state index contributed by atoms with van der Waals surface area (Å²) in [6, 6.07) is 61.1. The van der Waals surface area contributed by atoms with Crippen molar-refractivity contribution in [3.8, 4) is 45.3 Å². The van der Waals surface area contributed by atoms with Gasteiger partial charge in [0.15, 0.2) is 17.5 Å². The fourth-order valence-electron chi connectivity index (χ4n) is 8.61. The predicted molar refractivity (Wildman–Crippen MR) is 229 cm³/mol. The topological polar surface area (TPSA) is 65.0 Å². The molecule has 5 nitrogen and oxygen atoms in total. The maximum Gasteiger partial charge on any atom is 0.164 e. The molecule has 0 unspecified atom stereocenters. The number of rotatable bonds is 4. The van der Waals surface area contributed by atoms with E-state index in [0.29, 0.717) is 17.5 Å². The van der Waals surface area contributed by atoms with Crippen molar-refractivity contribution < 1.29 is 8.83 Å². The molecule has 3 heterocycles. The molecule has 0 amide bonds. The molecule has 9 aromatic carbocycles. The van der Waals surface area contributed by atoms with E-state index in [1.807, 2.05) is 60.7 Å². The second-order valence-corrected chi connectivity index (χ2v) is 14.3. The summed E-state index contributed by atoms with van der Waals surface area (Å²) in [6.45, 7) is 0. The number of nitrogens with zero attached hydrogens (tertiary/aromatic N) is 3. The van der Waals surface area contributed by atoms with Crippen LogP contribution in [0.5, 0.6) is 0 Å². The second-order valence-electron chi connectivity index (χ2n) is 14.3. The van der Waals surface area contributed by atoms with Gasteiger partial charge in [0.2, 0.25) is 0 Å². The second kappa shape index (κ2) is 11.9. The minimum atomic E-state index is 0.570. The van der Waals surface area contributed by atoms with Crippen LogP contribution in [0.1, 0.15) is 0 Å². The predicted octanol–water partition coefficient (Wildman–Crippen LogP) is 13.8. The molecule has 0 atom stereocenters. The molecule has 0 fully saturated rings. The van der Waals surface area contributed by atoms with Crippen LogP contribution < -0.4 is 0 Å². The van der Waals surface area contributed by atoms with Gasteiger partial charge in [-0.25, -0.2) is 15.0 Å². The minimum absolute atomic E-state index is 0.570. The Bertz CT molecular complexity index is 3430. The maximum absolute atomic E-state index is 6.31. The summed E-state index contributed by atoms with van der Waals surface area (Å²) in [7, 11) is 0. The first-order valence-electron chi connectivity index (χ1n) is 18.8. The normalized spacial score (nSPS) is 11.9. The zero-order valence-corrected chi connectivity index (χ0v) is 29.9. The maximum atomic E-state index is 6.31. The van der Waals surface area contributed by atoms with Crippen molar-refractivity contribution >= 4 is 76.2 Å². The van der Waals surface area contributed by atoms with Gasteiger partial charge in [-0.05, 0) is 73.8 Å². The van der Waals surface area contributed by atoms with E-state index in [-0.39, 0.29) is 0 Å². The van der Waals surface area contributed by atoms with Crippen LogP contribution in [0.25, 0.3) is 121 Å². The lowest BCUT2D eigenvalue weighted by Crippen LogP contribution is -2.01. The standard InChI is InChI=1S/C51H29N3O2/c1-2-14-35-30(11-1)25-26-31-27-28-36-34(17-8-18-37(36)46(31)35)32-12-7-13-33(29-32)49-52-50(40-19-9-23-44-47(40)38-15-3-5-21-42(38)55-44)54-51(53-49)41-20-10-24-45-48(41)39-16-4-6-22-43(39)56-45/h1-29H. The summed E-state index contributed by atoms with van der Waals surface area (Å²) < 4.78 is 12.6. The van der Waals surface area contributed by atoms with Crippen LogP contribution in [0, 0.1) is 0 Å². The molecule has 3 aromatic heterocycles. The molecule has 12 aromatic rings. The fourth-order valence-corrected chi connectivity index (χ4v) is 8.61. The number of hydrogen-bond acceptors (Lipinski definition) is 5. The Labute approximate surface area is 320 Å². The first-order chi connectivity index (χ1) is 27.7. The zero-order valence-electron chi connectivity index (χ0n) is 29.9. The molecule has 0 saturated carbocycles. The lowest BCUT2D eigenvalue weighted by Gasteiger charge is -2.13. The first kappa shape index (κ1) is 30.8. The molecule has 260 valence electrons. The smallest absolute Gasteiger partial charge is 0.164 e. The van der Waals surface area contributed by atoms with Gasteiger partial charge in [-0.1, -0.05) is 146 Å². The number of furan rings is 2. The first-order valence-corrected chi connectivity index (χ1v) is 18.8. The van der Waals surface area contributed by atoms with E-state index in [0.717, 1.165) is 71.7 Å². The fraction of sp³-hybridized carbons (Fsp3) is 0. The van der Waals surface area contributed by atoms with Crippen molar-refractivity contribution in [3.05, 3.63) is 176 Å². The third-order valence-electron chi connectivity index (χ3n) is 11.1. The number of para-hydroxylation sites is 2. The van der Waals surface area contributed by atoms with Crippen molar-refractivity contribution in [2.45, 2.75) is 0 Å². The SMILES string of the molecule is c1cc(-c2nc(-c3cccc4oc5ccccc5c34)nc(-c3cccc4oc5ccccc5c34)n2)cc(-c2cccc3c2ccc2ccc4ccccc4c23)c1. The molecule has 0 saturated heterocycles.